The van der Waals surface area contributed by atoms with Gasteiger partial charge in [0, 0.05) is 43.0 Å². The van der Waals surface area contributed by atoms with Crippen molar-refractivity contribution in [1.82, 2.24) is 10.2 Å². The highest BCUT2D eigenvalue weighted by Crippen LogP contribution is 2.29. The molecule has 3 aromatic rings. The number of likely N-dealkylation sites (N-methyl/N-ethyl adjacent to an activating group) is 1. The van der Waals surface area contributed by atoms with Crippen LogP contribution in [0.15, 0.2) is 60.7 Å². The topological polar surface area (TPSA) is 102 Å². The van der Waals surface area contributed by atoms with Crippen molar-refractivity contribution in [3.8, 4) is 0 Å². The molecule has 2 aliphatic heterocycles. The summed E-state index contributed by atoms with van der Waals surface area (Å²) < 4.78 is 22.2. The number of amides is 2. The van der Waals surface area contributed by atoms with E-state index in [0.717, 1.165) is 36.3 Å². The largest absolute Gasteiger partial charge is 0.348 e. The minimum Gasteiger partial charge on any atom is -0.348 e. The molecule has 0 saturated carbocycles. The van der Waals surface area contributed by atoms with Gasteiger partial charge >= 0.3 is 0 Å². The van der Waals surface area contributed by atoms with Gasteiger partial charge in [-0.1, -0.05) is 18.2 Å². The van der Waals surface area contributed by atoms with E-state index in [1.807, 2.05) is 18.2 Å². The highest BCUT2D eigenvalue weighted by molar-refractivity contribution is 7.80. The molecule has 1 unspecified atom stereocenters. The molecule has 0 fully saturated rings. The molecule has 2 aliphatic rings. The summed E-state index contributed by atoms with van der Waals surface area (Å²) in [7, 11) is 2.09. The van der Waals surface area contributed by atoms with E-state index in [4.69, 9.17) is 0 Å². The van der Waals surface area contributed by atoms with Crippen LogP contribution in [0.1, 0.15) is 43.0 Å². The highest BCUT2D eigenvalue weighted by Gasteiger charge is 2.24. The number of hydrogen-bond donors (Lipinski definition) is 3. The number of nitrogens with zero attached hydrogens (tertiary/aromatic N) is 2. The predicted octanol–water partition coefficient (Wildman–Crippen LogP) is 3.36. The monoisotopic (exact) mass is 504 g/mol. The second-order valence-corrected chi connectivity index (χ2v) is 10.1. The first-order chi connectivity index (χ1) is 17.4. The fraction of sp³-hybridized carbons (Fsp3) is 0.259. The zero-order valence-electron chi connectivity index (χ0n) is 20.0. The quantitative estimate of drug-likeness (QED) is 0.447. The van der Waals surface area contributed by atoms with Gasteiger partial charge in [0.25, 0.3) is 23.1 Å². The maximum Gasteiger partial charge on any atom is 0.261 e. The molecule has 2 heterocycles. The summed E-state index contributed by atoms with van der Waals surface area (Å²) in [5, 5.41) is 5.88. The van der Waals surface area contributed by atoms with Crippen molar-refractivity contribution in [2.75, 3.05) is 29.8 Å². The lowest BCUT2D eigenvalue weighted by molar-refractivity contribution is 0.0950. The third-order valence-corrected chi connectivity index (χ3v) is 7.45. The van der Waals surface area contributed by atoms with Gasteiger partial charge in [0.05, 0.1) is 5.69 Å². The first-order valence-electron chi connectivity index (χ1n) is 11.9. The number of carbonyl (C=O) groups excluding carboxylic acids is 2. The molecule has 3 aromatic carbocycles. The van der Waals surface area contributed by atoms with Crippen molar-refractivity contribution in [3.05, 3.63) is 94.0 Å². The number of fused-ring (bicyclic) bond motifs is 2. The van der Waals surface area contributed by atoms with Gasteiger partial charge in [-0.25, -0.2) is 4.21 Å². The van der Waals surface area contributed by atoms with E-state index >= 15 is 0 Å². The van der Waals surface area contributed by atoms with Gasteiger partial charge in [0.2, 0.25) is 0 Å². The molecular formula is C27H28N4O4S. The summed E-state index contributed by atoms with van der Waals surface area (Å²) >= 11 is -2.07. The van der Waals surface area contributed by atoms with E-state index in [9.17, 15) is 18.4 Å². The molecule has 0 bridgehead atoms. The van der Waals surface area contributed by atoms with Gasteiger partial charge in [-0.3, -0.25) is 18.4 Å². The van der Waals surface area contributed by atoms with Gasteiger partial charge in [0.15, 0.2) is 0 Å². The van der Waals surface area contributed by atoms with Crippen molar-refractivity contribution in [3.63, 3.8) is 0 Å². The molecule has 0 aromatic heterocycles. The Morgan fingerprint density at radius 1 is 0.917 bits per heavy atom. The van der Waals surface area contributed by atoms with Crippen LogP contribution in [0.4, 0.5) is 11.4 Å². The van der Waals surface area contributed by atoms with Crippen LogP contribution in [-0.2, 0) is 37.2 Å². The molecule has 8 nitrogen and oxygen atoms in total. The molecular weight excluding hydrogens is 476 g/mol. The van der Waals surface area contributed by atoms with Gasteiger partial charge in [-0.2, -0.15) is 0 Å². The number of benzene rings is 3. The molecule has 36 heavy (non-hydrogen) atoms. The molecule has 0 aliphatic carbocycles. The zero-order chi connectivity index (χ0) is 25.2. The van der Waals surface area contributed by atoms with Crippen molar-refractivity contribution < 1.29 is 18.4 Å². The third-order valence-electron chi connectivity index (χ3n) is 6.69. The molecule has 0 saturated heterocycles. The van der Waals surface area contributed by atoms with Crippen LogP contribution in [0.2, 0.25) is 0 Å². The normalized spacial score (nSPS) is 15.7. The molecule has 1 atom stereocenters. The summed E-state index contributed by atoms with van der Waals surface area (Å²) in [5.41, 5.74) is 6.71. The van der Waals surface area contributed by atoms with Crippen LogP contribution in [0, 0.1) is 0 Å². The van der Waals surface area contributed by atoms with Crippen LogP contribution in [-0.4, -0.2) is 45.6 Å². The van der Waals surface area contributed by atoms with Gasteiger partial charge in [0.1, 0.15) is 0 Å². The molecule has 3 N–H and O–H groups in total. The number of hydrogen-bond acceptors (Lipinski definition) is 4. The second-order valence-electron chi connectivity index (χ2n) is 9.23. The van der Waals surface area contributed by atoms with Crippen LogP contribution >= 0.6 is 0 Å². The van der Waals surface area contributed by atoms with Crippen molar-refractivity contribution in [2.45, 2.75) is 25.9 Å². The summed E-state index contributed by atoms with van der Waals surface area (Å²) in [6.45, 7) is 2.63. The number of rotatable bonds is 6. The van der Waals surface area contributed by atoms with E-state index in [0.29, 0.717) is 29.8 Å². The van der Waals surface area contributed by atoms with Crippen molar-refractivity contribution in [2.24, 2.45) is 0 Å². The van der Waals surface area contributed by atoms with Crippen LogP contribution in [0.5, 0.6) is 0 Å². The van der Waals surface area contributed by atoms with Crippen molar-refractivity contribution in [1.29, 1.82) is 0 Å². The van der Waals surface area contributed by atoms with Gasteiger partial charge in [-0.15, -0.1) is 0 Å². The fourth-order valence-corrected chi connectivity index (χ4v) is 5.35. The first-order valence-corrected chi connectivity index (χ1v) is 12.9. The van der Waals surface area contributed by atoms with E-state index in [2.05, 4.69) is 28.6 Å². The number of nitrogens with one attached hydrogen (secondary N) is 2. The summed E-state index contributed by atoms with van der Waals surface area (Å²) in [6, 6.07) is 18.4. The van der Waals surface area contributed by atoms with E-state index in [-0.39, 0.29) is 18.4 Å². The van der Waals surface area contributed by atoms with E-state index in [1.54, 1.807) is 36.4 Å². The summed E-state index contributed by atoms with van der Waals surface area (Å²) in [4.78, 5) is 27.9. The third kappa shape index (κ3) is 5.18. The van der Waals surface area contributed by atoms with E-state index in [1.165, 1.54) is 15.4 Å². The maximum atomic E-state index is 12.9. The van der Waals surface area contributed by atoms with Gasteiger partial charge < -0.3 is 15.5 Å². The van der Waals surface area contributed by atoms with E-state index < -0.39 is 11.3 Å². The molecule has 9 heteroatoms. The standard InChI is InChI=1S/C27H28N4O4S/c1-30-11-9-19-5-7-24(15-23(19)17-30)29-27(33)21-4-2-3-18(13-21)16-28-26(32)22-6-8-25-20(14-22)10-12-31(25)36(34)35/h2-8,13-15H,9-12,16-17H2,1H3,(H,28,32)(H,29,33)(H,34,35). The lowest BCUT2D eigenvalue weighted by Crippen LogP contribution is -2.26. The lowest BCUT2D eigenvalue weighted by atomic mass is 9.99. The average Bonchev–Trinajstić information content (AvgIpc) is 3.31. The van der Waals surface area contributed by atoms with Crippen LogP contribution in [0.3, 0.4) is 0 Å². The van der Waals surface area contributed by atoms with Crippen LogP contribution in [0.25, 0.3) is 0 Å². The lowest BCUT2D eigenvalue weighted by Gasteiger charge is -2.25. The molecule has 0 radical (unpaired) electrons. The SMILES string of the molecule is CN1CCc2ccc(NC(=O)c3cccc(CNC(=O)c4ccc5c(c4)CCN5S(=O)O)c3)cc2C1. The Balaban J connectivity index is 1.21. The smallest absolute Gasteiger partial charge is 0.261 e. The molecule has 186 valence electrons. The Kier molecular flexibility index (Phi) is 6.86. The number of carbonyl (C=O) groups is 2. The minimum atomic E-state index is -2.07. The summed E-state index contributed by atoms with van der Waals surface area (Å²) in [5.74, 6) is -0.438. The highest BCUT2D eigenvalue weighted by atomic mass is 32.2. The molecule has 5 rings (SSSR count). The second kappa shape index (κ2) is 10.2. The average molecular weight is 505 g/mol. The Hall–Kier alpha value is -3.53. The first kappa shape index (κ1) is 24.2. The van der Waals surface area contributed by atoms with Crippen molar-refractivity contribution >= 4 is 34.5 Å². The Bertz CT molecular complexity index is 1360. The van der Waals surface area contributed by atoms with Gasteiger partial charge in [-0.05, 0) is 84.6 Å². The maximum absolute atomic E-state index is 12.9. The Labute approximate surface area is 212 Å². The summed E-state index contributed by atoms with van der Waals surface area (Å²) in [6.07, 6.45) is 1.63. The molecule has 2 amide bonds. The van der Waals surface area contributed by atoms with Crippen LogP contribution < -0.4 is 14.9 Å². The fourth-order valence-electron chi connectivity index (χ4n) is 4.76. The molecule has 0 spiro atoms. The minimum absolute atomic E-state index is 0.197. The Morgan fingerprint density at radius 2 is 1.72 bits per heavy atom. The Morgan fingerprint density at radius 3 is 2.56 bits per heavy atom. The predicted molar refractivity (Wildman–Crippen MR) is 140 cm³/mol. The number of anilines is 2. The zero-order valence-corrected chi connectivity index (χ0v) is 20.8.